The second-order valence-electron chi connectivity index (χ2n) is 9.09. The molecule has 0 bridgehead atoms. The lowest BCUT2D eigenvalue weighted by atomic mass is 9.60. The summed E-state index contributed by atoms with van der Waals surface area (Å²) in [6, 6.07) is 8.86. The van der Waals surface area contributed by atoms with Crippen molar-refractivity contribution in [3.05, 3.63) is 48.5 Å². The highest BCUT2D eigenvalue weighted by atomic mass is 16.1. The van der Waals surface area contributed by atoms with Crippen molar-refractivity contribution in [2.24, 2.45) is 5.41 Å². The van der Waals surface area contributed by atoms with Gasteiger partial charge in [0.15, 0.2) is 5.78 Å². The van der Waals surface area contributed by atoms with Gasteiger partial charge in [-0.15, -0.1) is 0 Å². The van der Waals surface area contributed by atoms with E-state index in [-0.39, 0.29) is 5.78 Å². The molecule has 3 aromatic rings. The predicted octanol–water partition coefficient (Wildman–Crippen LogP) is 2.76. The fourth-order valence-electron chi connectivity index (χ4n) is 5.15. The molecule has 29 heavy (non-hydrogen) atoms. The maximum absolute atomic E-state index is 12.7. The lowest BCUT2D eigenvalue weighted by Gasteiger charge is -2.60. The maximum atomic E-state index is 12.7. The normalized spacial score (nSPS) is 18.9. The van der Waals surface area contributed by atoms with E-state index in [9.17, 15) is 4.79 Å². The van der Waals surface area contributed by atoms with Gasteiger partial charge >= 0.3 is 0 Å². The number of carbonyl (C=O) groups is 1. The van der Waals surface area contributed by atoms with E-state index < -0.39 is 0 Å². The Hall–Kier alpha value is -2.57. The molecule has 0 radical (unpaired) electrons. The molecule has 6 heteroatoms. The Balaban J connectivity index is 1.22. The topological polar surface area (TPSA) is 65.1 Å². The molecular weight excluding hydrogens is 362 g/mol. The molecule has 0 unspecified atom stereocenters. The summed E-state index contributed by atoms with van der Waals surface area (Å²) in [4.78, 5) is 21.8. The van der Waals surface area contributed by atoms with Crippen molar-refractivity contribution in [2.75, 3.05) is 33.7 Å². The van der Waals surface area contributed by atoms with Gasteiger partial charge in [-0.2, -0.15) is 5.10 Å². The highest BCUT2D eigenvalue weighted by molar-refractivity contribution is 5.88. The quantitative estimate of drug-likeness (QED) is 0.702. The number of aromatic amines is 1. The number of hydrogen-bond acceptors (Lipinski definition) is 5. The van der Waals surface area contributed by atoms with Gasteiger partial charge in [0.2, 0.25) is 0 Å². The van der Waals surface area contributed by atoms with E-state index in [1.165, 1.54) is 25.9 Å². The number of likely N-dealkylation sites (N-methyl/N-ethyl adjacent to an activating group) is 1. The zero-order valence-corrected chi connectivity index (χ0v) is 17.1. The second kappa shape index (κ2) is 7.04. The molecule has 0 atom stereocenters. The van der Waals surface area contributed by atoms with Crippen LogP contribution in [0.4, 0.5) is 0 Å². The number of likely N-dealkylation sites (tertiary alicyclic amines) is 1. The van der Waals surface area contributed by atoms with E-state index in [1.54, 1.807) is 0 Å². The molecule has 1 N–H and O–H groups in total. The number of pyridine rings is 1. The number of H-pyrrole nitrogens is 1. The van der Waals surface area contributed by atoms with Crippen LogP contribution in [0.3, 0.4) is 0 Å². The summed E-state index contributed by atoms with van der Waals surface area (Å²) >= 11 is 0. The van der Waals surface area contributed by atoms with E-state index in [4.69, 9.17) is 0 Å². The number of benzene rings is 1. The molecule has 2 aliphatic rings. The summed E-state index contributed by atoms with van der Waals surface area (Å²) in [5.74, 6) is 0.233. The number of nitrogens with one attached hydrogen (secondary N) is 1. The Morgan fingerprint density at radius 2 is 2.03 bits per heavy atom. The first-order valence-corrected chi connectivity index (χ1v) is 10.3. The summed E-state index contributed by atoms with van der Waals surface area (Å²) < 4.78 is 0. The number of fused-ring (bicyclic) bond motifs is 1. The van der Waals surface area contributed by atoms with Crippen molar-refractivity contribution >= 4 is 16.6 Å². The third-order valence-electron chi connectivity index (χ3n) is 6.59. The average molecular weight is 390 g/mol. The SMILES string of the molecule is CN1CC2(CC(N(C)CC(=O)Cc3cc4cc(-c5cn[nH]c5)ccc4cn3)C2)C1. The molecule has 3 heterocycles. The summed E-state index contributed by atoms with van der Waals surface area (Å²) in [6.07, 6.45) is 8.41. The number of hydrogen-bond donors (Lipinski definition) is 1. The molecule has 0 amide bonds. The first-order valence-electron chi connectivity index (χ1n) is 10.3. The average Bonchev–Trinajstić information content (AvgIpc) is 3.17. The van der Waals surface area contributed by atoms with Crippen LogP contribution < -0.4 is 0 Å². The van der Waals surface area contributed by atoms with E-state index in [0.29, 0.717) is 24.4 Å². The standard InChI is InChI=1S/C23H27N5O/c1-27-14-23(15-27)8-21(9-23)28(2)13-22(29)7-20-6-18-5-16(19-11-25-26-12-19)3-4-17(18)10-24-20/h3-6,10-12,21H,7-9,13-15H2,1-2H3,(H,25,26). The maximum Gasteiger partial charge on any atom is 0.152 e. The van der Waals surface area contributed by atoms with Crippen LogP contribution in [0, 0.1) is 5.41 Å². The van der Waals surface area contributed by atoms with E-state index in [2.05, 4.69) is 57.3 Å². The summed E-state index contributed by atoms with van der Waals surface area (Å²) in [5, 5.41) is 9.05. The van der Waals surface area contributed by atoms with Crippen molar-refractivity contribution in [1.82, 2.24) is 25.0 Å². The molecular formula is C23H27N5O. The van der Waals surface area contributed by atoms with Gasteiger partial charge in [-0.3, -0.25) is 19.8 Å². The second-order valence-corrected chi connectivity index (χ2v) is 9.09. The Morgan fingerprint density at radius 3 is 2.76 bits per heavy atom. The van der Waals surface area contributed by atoms with Crippen molar-refractivity contribution in [2.45, 2.75) is 25.3 Å². The molecule has 1 aromatic carbocycles. The van der Waals surface area contributed by atoms with Gasteiger partial charge in [0.1, 0.15) is 0 Å². The van der Waals surface area contributed by atoms with Crippen LogP contribution >= 0.6 is 0 Å². The van der Waals surface area contributed by atoms with Gasteiger partial charge in [-0.1, -0.05) is 12.1 Å². The van der Waals surface area contributed by atoms with E-state index in [0.717, 1.165) is 27.6 Å². The molecule has 1 spiro atoms. The Bertz CT molecular complexity index is 1030. The Labute approximate surface area is 170 Å². The van der Waals surface area contributed by atoms with Crippen LogP contribution in [-0.2, 0) is 11.2 Å². The van der Waals surface area contributed by atoms with Crippen molar-refractivity contribution in [3.63, 3.8) is 0 Å². The van der Waals surface area contributed by atoms with Crippen LogP contribution in [0.5, 0.6) is 0 Å². The minimum absolute atomic E-state index is 0.233. The number of carbonyl (C=O) groups excluding carboxylic acids is 1. The molecule has 2 aromatic heterocycles. The van der Waals surface area contributed by atoms with Gasteiger partial charge in [0, 0.05) is 48.2 Å². The van der Waals surface area contributed by atoms with Gasteiger partial charge in [0.25, 0.3) is 0 Å². The highest BCUT2D eigenvalue weighted by Crippen LogP contribution is 2.49. The number of nitrogens with zero attached hydrogens (tertiary/aromatic N) is 4. The minimum atomic E-state index is 0.233. The van der Waals surface area contributed by atoms with Gasteiger partial charge in [-0.05, 0) is 55.4 Å². The van der Waals surface area contributed by atoms with E-state index >= 15 is 0 Å². The predicted molar refractivity (Wildman–Crippen MR) is 114 cm³/mol. The molecule has 1 aliphatic heterocycles. The van der Waals surface area contributed by atoms with Crippen molar-refractivity contribution in [3.8, 4) is 11.1 Å². The molecule has 1 saturated carbocycles. The van der Waals surface area contributed by atoms with Crippen LogP contribution in [0.15, 0.2) is 42.9 Å². The molecule has 150 valence electrons. The molecule has 5 rings (SSSR count). The van der Waals surface area contributed by atoms with Gasteiger partial charge in [-0.25, -0.2) is 0 Å². The lowest BCUT2D eigenvalue weighted by Crippen LogP contribution is -2.65. The number of rotatable bonds is 6. The third-order valence-corrected chi connectivity index (χ3v) is 6.59. The van der Waals surface area contributed by atoms with Crippen molar-refractivity contribution in [1.29, 1.82) is 0 Å². The van der Waals surface area contributed by atoms with Crippen LogP contribution in [0.25, 0.3) is 21.9 Å². The van der Waals surface area contributed by atoms with Crippen LogP contribution in [0.2, 0.25) is 0 Å². The largest absolute Gasteiger partial charge is 0.305 e. The molecule has 1 aliphatic carbocycles. The first kappa shape index (κ1) is 18.5. The van der Waals surface area contributed by atoms with Gasteiger partial charge in [0.05, 0.1) is 19.2 Å². The smallest absolute Gasteiger partial charge is 0.152 e. The summed E-state index contributed by atoms with van der Waals surface area (Å²) in [5.41, 5.74) is 3.54. The van der Waals surface area contributed by atoms with Gasteiger partial charge < -0.3 is 4.90 Å². The highest BCUT2D eigenvalue weighted by Gasteiger charge is 2.52. The van der Waals surface area contributed by atoms with E-state index in [1.807, 2.05) is 24.7 Å². The molecule has 1 saturated heterocycles. The molecule has 2 fully saturated rings. The Morgan fingerprint density at radius 1 is 1.21 bits per heavy atom. The minimum Gasteiger partial charge on any atom is -0.305 e. The monoisotopic (exact) mass is 389 g/mol. The number of Topliss-reactive ketones (excluding diaryl/α,β-unsaturated/α-hetero) is 1. The zero-order chi connectivity index (χ0) is 20.0. The fraction of sp³-hybridized carbons (Fsp3) is 0.435. The third kappa shape index (κ3) is 3.58. The first-order chi connectivity index (χ1) is 14.0. The summed E-state index contributed by atoms with van der Waals surface area (Å²) in [7, 11) is 4.27. The van der Waals surface area contributed by atoms with Crippen LogP contribution in [-0.4, -0.2) is 70.5 Å². The van der Waals surface area contributed by atoms with Crippen molar-refractivity contribution < 1.29 is 4.79 Å². The Kier molecular flexibility index (Phi) is 4.48. The zero-order valence-electron chi connectivity index (χ0n) is 17.1. The lowest BCUT2D eigenvalue weighted by molar-refractivity contribution is -0.125. The summed E-state index contributed by atoms with van der Waals surface area (Å²) in [6.45, 7) is 2.94. The number of ketones is 1. The molecule has 6 nitrogen and oxygen atoms in total. The number of aromatic nitrogens is 3. The fourth-order valence-corrected chi connectivity index (χ4v) is 5.15. The van der Waals surface area contributed by atoms with Crippen LogP contribution in [0.1, 0.15) is 18.5 Å².